The van der Waals surface area contributed by atoms with Crippen molar-refractivity contribution in [2.24, 2.45) is 0 Å². The standard InChI is InChI=1S/C23H20N2O5/c1-3-17-20(24-23(29)25-22(17)28)21(27)18-11-9-15(13-14(18)2)10-12-19(26)30-16-7-5-4-6-8-16/h4-13H,3H2,1-2H3,(H2,24,25,28,29)/b12-10+. The van der Waals surface area contributed by atoms with Gasteiger partial charge in [-0.2, -0.15) is 0 Å². The molecule has 30 heavy (non-hydrogen) atoms. The molecule has 2 aromatic carbocycles. The Balaban J connectivity index is 1.82. The molecule has 0 aliphatic heterocycles. The lowest BCUT2D eigenvalue weighted by Gasteiger charge is -2.09. The van der Waals surface area contributed by atoms with E-state index < -0.39 is 23.0 Å². The average Bonchev–Trinajstić information content (AvgIpc) is 2.72. The molecule has 7 nitrogen and oxygen atoms in total. The van der Waals surface area contributed by atoms with E-state index in [1.807, 2.05) is 6.07 Å². The zero-order valence-corrected chi connectivity index (χ0v) is 16.5. The van der Waals surface area contributed by atoms with Crippen molar-refractivity contribution in [2.45, 2.75) is 20.3 Å². The molecule has 0 atom stereocenters. The van der Waals surface area contributed by atoms with Crippen LogP contribution in [0, 0.1) is 6.92 Å². The second-order valence-corrected chi connectivity index (χ2v) is 6.59. The zero-order chi connectivity index (χ0) is 21.7. The molecule has 0 aliphatic carbocycles. The Morgan fingerprint density at radius 2 is 1.77 bits per heavy atom. The fourth-order valence-electron chi connectivity index (χ4n) is 3.03. The highest BCUT2D eigenvalue weighted by Crippen LogP contribution is 2.17. The van der Waals surface area contributed by atoms with Gasteiger partial charge in [-0.05, 0) is 42.7 Å². The number of esters is 1. The van der Waals surface area contributed by atoms with Crippen LogP contribution in [0.3, 0.4) is 0 Å². The third-order valence-corrected chi connectivity index (χ3v) is 4.49. The zero-order valence-electron chi connectivity index (χ0n) is 16.5. The van der Waals surface area contributed by atoms with Crippen LogP contribution in [-0.2, 0) is 11.2 Å². The van der Waals surface area contributed by atoms with Gasteiger partial charge in [-0.3, -0.25) is 14.6 Å². The maximum atomic E-state index is 12.9. The molecule has 7 heteroatoms. The molecule has 0 amide bonds. The molecular weight excluding hydrogens is 384 g/mol. The average molecular weight is 404 g/mol. The Hall–Kier alpha value is -4.00. The van der Waals surface area contributed by atoms with Crippen LogP contribution in [0.2, 0.25) is 0 Å². The number of aromatic nitrogens is 2. The van der Waals surface area contributed by atoms with Crippen molar-refractivity contribution in [1.29, 1.82) is 0 Å². The topological polar surface area (TPSA) is 109 Å². The quantitative estimate of drug-likeness (QED) is 0.284. The lowest BCUT2D eigenvalue weighted by Crippen LogP contribution is -2.30. The molecule has 0 unspecified atom stereocenters. The minimum Gasteiger partial charge on any atom is -0.423 e. The number of aromatic amines is 2. The van der Waals surface area contributed by atoms with E-state index in [0.29, 0.717) is 28.9 Å². The molecule has 1 aromatic heterocycles. The molecule has 3 aromatic rings. The van der Waals surface area contributed by atoms with Gasteiger partial charge >= 0.3 is 11.7 Å². The van der Waals surface area contributed by atoms with Gasteiger partial charge < -0.3 is 9.72 Å². The highest BCUT2D eigenvalue weighted by molar-refractivity contribution is 6.09. The van der Waals surface area contributed by atoms with Gasteiger partial charge in [-0.15, -0.1) is 0 Å². The van der Waals surface area contributed by atoms with Crippen LogP contribution in [-0.4, -0.2) is 21.7 Å². The summed E-state index contributed by atoms with van der Waals surface area (Å²) < 4.78 is 5.19. The number of ketones is 1. The molecule has 0 saturated carbocycles. The van der Waals surface area contributed by atoms with E-state index in [4.69, 9.17) is 4.74 Å². The number of ether oxygens (including phenoxy) is 1. The number of aryl methyl sites for hydroxylation is 1. The fourth-order valence-corrected chi connectivity index (χ4v) is 3.03. The highest BCUT2D eigenvalue weighted by atomic mass is 16.5. The van der Waals surface area contributed by atoms with E-state index in [1.165, 1.54) is 6.08 Å². The van der Waals surface area contributed by atoms with Crippen LogP contribution in [0.25, 0.3) is 6.08 Å². The number of hydrogen-bond donors (Lipinski definition) is 2. The van der Waals surface area contributed by atoms with Crippen LogP contribution in [0.4, 0.5) is 0 Å². The first-order chi connectivity index (χ1) is 14.4. The van der Waals surface area contributed by atoms with Crippen molar-refractivity contribution < 1.29 is 14.3 Å². The predicted molar refractivity (Wildman–Crippen MR) is 113 cm³/mol. The van der Waals surface area contributed by atoms with Crippen molar-refractivity contribution in [3.05, 3.63) is 103 Å². The molecule has 0 radical (unpaired) electrons. The van der Waals surface area contributed by atoms with E-state index in [1.54, 1.807) is 62.4 Å². The van der Waals surface area contributed by atoms with Gasteiger partial charge in [0.2, 0.25) is 5.78 Å². The van der Waals surface area contributed by atoms with Crippen LogP contribution in [0.1, 0.15) is 39.7 Å². The summed E-state index contributed by atoms with van der Waals surface area (Å²) in [5.41, 5.74) is 0.616. The number of para-hydroxylation sites is 1. The molecule has 1 heterocycles. The van der Waals surface area contributed by atoms with Crippen molar-refractivity contribution in [3.63, 3.8) is 0 Å². The summed E-state index contributed by atoms with van der Waals surface area (Å²) in [4.78, 5) is 53.0. The summed E-state index contributed by atoms with van der Waals surface area (Å²) in [6.07, 6.45) is 3.18. The van der Waals surface area contributed by atoms with E-state index in [2.05, 4.69) is 9.97 Å². The minimum atomic E-state index is -0.727. The lowest BCUT2D eigenvalue weighted by molar-refractivity contribution is -0.128. The minimum absolute atomic E-state index is 0.0101. The van der Waals surface area contributed by atoms with E-state index in [0.717, 1.165) is 0 Å². The molecule has 0 saturated heterocycles. The highest BCUT2D eigenvalue weighted by Gasteiger charge is 2.18. The van der Waals surface area contributed by atoms with E-state index >= 15 is 0 Å². The third kappa shape index (κ3) is 4.70. The van der Waals surface area contributed by atoms with Gasteiger partial charge in [0.15, 0.2) is 0 Å². The first kappa shape index (κ1) is 20.7. The molecule has 0 aliphatic rings. The summed E-state index contributed by atoms with van der Waals surface area (Å²) in [5, 5.41) is 0. The maximum Gasteiger partial charge on any atom is 0.336 e. The maximum absolute atomic E-state index is 12.9. The summed E-state index contributed by atoms with van der Waals surface area (Å²) in [6, 6.07) is 13.7. The summed E-state index contributed by atoms with van der Waals surface area (Å²) in [7, 11) is 0. The van der Waals surface area contributed by atoms with Gasteiger partial charge in [0.05, 0.1) is 5.69 Å². The number of nitrogens with one attached hydrogen (secondary N) is 2. The summed E-state index contributed by atoms with van der Waals surface area (Å²) in [5.74, 6) is -0.512. The largest absolute Gasteiger partial charge is 0.423 e. The van der Waals surface area contributed by atoms with Gasteiger partial charge in [0, 0.05) is 17.2 Å². The Kier molecular flexibility index (Phi) is 6.22. The number of carbonyl (C=O) groups is 2. The molecule has 152 valence electrons. The molecule has 0 spiro atoms. The lowest BCUT2D eigenvalue weighted by atomic mass is 9.97. The van der Waals surface area contributed by atoms with Crippen LogP contribution < -0.4 is 16.0 Å². The normalized spacial score (nSPS) is 10.9. The van der Waals surface area contributed by atoms with Crippen molar-refractivity contribution in [2.75, 3.05) is 0 Å². The third-order valence-electron chi connectivity index (χ3n) is 4.49. The van der Waals surface area contributed by atoms with E-state index in [9.17, 15) is 19.2 Å². The molecule has 3 rings (SSSR count). The Morgan fingerprint density at radius 3 is 2.43 bits per heavy atom. The Labute approximate surface area is 172 Å². The van der Waals surface area contributed by atoms with Crippen molar-refractivity contribution >= 4 is 17.8 Å². The fraction of sp³-hybridized carbons (Fsp3) is 0.130. The number of carbonyl (C=O) groups excluding carboxylic acids is 2. The van der Waals surface area contributed by atoms with Crippen LogP contribution >= 0.6 is 0 Å². The first-order valence-electron chi connectivity index (χ1n) is 9.34. The van der Waals surface area contributed by atoms with Gasteiger partial charge in [-0.25, -0.2) is 9.59 Å². The van der Waals surface area contributed by atoms with Gasteiger partial charge in [0.25, 0.3) is 5.56 Å². The molecular formula is C23H20N2O5. The summed E-state index contributed by atoms with van der Waals surface area (Å²) >= 11 is 0. The Bertz CT molecular complexity index is 1240. The van der Waals surface area contributed by atoms with Crippen molar-refractivity contribution in [1.82, 2.24) is 9.97 Å². The van der Waals surface area contributed by atoms with Crippen molar-refractivity contribution in [3.8, 4) is 5.75 Å². The number of hydrogen-bond acceptors (Lipinski definition) is 5. The smallest absolute Gasteiger partial charge is 0.336 e. The molecule has 2 N–H and O–H groups in total. The predicted octanol–water partition coefficient (Wildman–Crippen LogP) is 2.78. The first-order valence-corrected chi connectivity index (χ1v) is 9.34. The SMILES string of the molecule is CCc1c(C(=O)c2ccc(/C=C/C(=O)Oc3ccccc3)cc2C)[nH]c(=O)[nH]c1=O. The number of rotatable bonds is 6. The van der Waals surface area contributed by atoms with Gasteiger partial charge in [0.1, 0.15) is 5.75 Å². The Morgan fingerprint density at radius 1 is 1.03 bits per heavy atom. The van der Waals surface area contributed by atoms with Gasteiger partial charge in [-0.1, -0.05) is 43.3 Å². The number of H-pyrrole nitrogens is 2. The van der Waals surface area contributed by atoms with Crippen LogP contribution in [0.5, 0.6) is 5.75 Å². The van der Waals surface area contributed by atoms with E-state index in [-0.39, 0.29) is 11.3 Å². The summed E-state index contributed by atoms with van der Waals surface area (Å²) in [6.45, 7) is 3.47. The van der Waals surface area contributed by atoms with Crippen LogP contribution in [0.15, 0.2) is 64.2 Å². The second-order valence-electron chi connectivity index (χ2n) is 6.59. The second kappa shape index (κ2) is 9.00. The molecule has 0 bridgehead atoms. The number of benzene rings is 2. The molecule has 0 fully saturated rings. The monoisotopic (exact) mass is 404 g/mol.